The topological polar surface area (TPSA) is 0 Å². The van der Waals surface area contributed by atoms with E-state index in [1.807, 2.05) is 22.6 Å². The molecule has 10 heavy (non-hydrogen) atoms. The minimum absolute atomic E-state index is 0.152. The van der Waals surface area contributed by atoms with Gasteiger partial charge in [-0.1, -0.05) is 27.5 Å². The lowest BCUT2D eigenvalue weighted by molar-refractivity contribution is 0.620. The van der Waals surface area contributed by atoms with Gasteiger partial charge < -0.3 is 0 Å². The number of hydrogen-bond donors (Lipinski definition) is 0. The highest BCUT2D eigenvalue weighted by Gasteiger charge is 2.04. The second-order valence-electron chi connectivity index (χ2n) is 1.68. The van der Waals surface area contributed by atoms with Crippen LogP contribution in [0.25, 0.3) is 0 Å². The Labute approximate surface area is 85.0 Å². The minimum atomic E-state index is -0.356. The maximum absolute atomic E-state index is 12.8. The predicted molar refractivity (Wildman–Crippen MR) is 51.8 cm³/mol. The van der Waals surface area contributed by atoms with Crippen molar-refractivity contribution in [3.63, 3.8) is 0 Å². The summed E-state index contributed by atoms with van der Waals surface area (Å²) < 4.78 is 14.1. The summed E-state index contributed by atoms with van der Waals surface area (Å²) in [6.07, 6.45) is 0. The first-order valence-electron chi connectivity index (χ1n) is 2.41. The van der Waals surface area contributed by atoms with Crippen molar-refractivity contribution in [1.29, 1.82) is 0 Å². The van der Waals surface area contributed by atoms with E-state index in [4.69, 9.17) is 11.6 Å². The van der Waals surface area contributed by atoms with Gasteiger partial charge in [-0.3, -0.25) is 0 Å². The third kappa shape index (κ3) is 1.83. The van der Waals surface area contributed by atoms with Gasteiger partial charge in [0.1, 0.15) is 0 Å². The standard InChI is InChI=1S/C6H2BrClFI/c7-3-1-4(8)6(9)5(10)2-3/h1-2H. The van der Waals surface area contributed by atoms with Crippen molar-refractivity contribution in [3.05, 3.63) is 31.0 Å². The highest BCUT2D eigenvalue weighted by atomic mass is 127. The van der Waals surface area contributed by atoms with Crippen molar-refractivity contribution in [2.75, 3.05) is 0 Å². The van der Waals surface area contributed by atoms with Gasteiger partial charge in [0, 0.05) is 4.47 Å². The molecule has 1 rings (SSSR count). The van der Waals surface area contributed by atoms with Crippen LogP contribution in [0.3, 0.4) is 0 Å². The first-order valence-corrected chi connectivity index (χ1v) is 4.66. The molecule has 0 amide bonds. The summed E-state index contributed by atoms with van der Waals surface area (Å²) in [4.78, 5) is 0. The maximum atomic E-state index is 12.8. The Morgan fingerprint density at radius 1 is 1.50 bits per heavy atom. The Morgan fingerprint density at radius 2 is 2.10 bits per heavy atom. The number of benzene rings is 1. The number of hydrogen-bond acceptors (Lipinski definition) is 0. The quantitative estimate of drug-likeness (QED) is 0.384. The molecule has 0 heterocycles. The molecule has 0 N–H and O–H groups in total. The molecule has 0 aliphatic heterocycles. The van der Waals surface area contributed by atoms with Gasteiger partial charge in [0.15, 0.2) is 5.82 Å². The van der Waals surface area contributed by atoms with E-state index in [-0.39, 0.29) is 10.8 Å². The zero-order valence-corrected chi connectivity index (χ0v) is 9.17. The Hall–Kier alpha value is 0.650. The zero-order chi connectivity index (χ0) is 7.72. The van der Waals surface area contributed by atoms with E-state index in [9.17, 15) is 4.39 Å². The van der Waals surface area contributed by atoms with Gasteiger partial charge in [0.25, 0.3) is 0 Å². The molecule has 0 aliphatic carbocycles. The second-order valence-corrected chi connectivity index (χ2v) is 4.17. The minimum Gasteiger partial charge on any atom is -0.204 e. The molecule has 1 aromatic carbocycles. The largest absolute Gasteiger partial charge is 0.204 e. The fourth-order valence-electron chi connectivity index (χ4n) is 0.525. The molecule has 0 saturated heterocycles. The molecule has 0 unspecified atom stereocenters. The lowest BCUT2D eigenvalue weighted by Gasteiger charge is -1.97. The van der Waals surface area contributed by atoms with Crippen LogP contribution in [-0.2, 0) is 0 Å². The Balaban J connectivity index is 3.31. The first-order chi connectivity index (χ1) is 4.61. The predicted octanol–water partition coefficient (Wildman–Crippen LogP) is 3.85. The van der Waals surface area contributed by atoms with Crippen molar-refractivity contribution in [3.8, 4) is 0 Å². The Morgan fingerprint density at radius 3 is 2.60 bits per heavy atom. The van der Waals surface area contributed by atoms with Crippen LogP contribution in [0, 0.1) is 9.39 Å². The van der Waals surface area contributed by atoms with E-state index in [1.165, 1.54) is 6.07 Å². The molecule has 0 aliphatic rings. The van der Waals surface area contributed by atoms with Crippen molar-refractivity contribution in [2.24, 2.45) is 0 Å². The molecule has 0 bridgehead atoms. The van der Waals surface area contributed by atoms with Crippen LogP contribution >= 0.6 is 50.1 Å². The Kier molecular flexibility index (Phi) is 2.94. The van der Waals surface area contributed by atoms with Crippen LogP contribution < -0.4 is 0 Å². The van der Waals surface area contributed by atoms with Gasteiger partial charge >= 0.3 is 0 Å². The highest BCUT2D eigenvalue weighted by Crippen LogP contribution is 2.24. The molecule has 0 saturated carbocycles. The third-order valence-corrected chi connectivity index (χ3v) is 2.47. The molecular formula is C6H2BrClFI. The molecule has 1 aromatic rings. The van der Waals surface area contributed by atoms with Crippen LogP contribution in [-0.4, -0.2) is 0 Å². The van der Waals surface area contributed by atoms with E-state index in [1.54, 1.807) is 6.07 Å². The summed E-state index contributed by atoms with van der Waals surface area (Å²) in [5.41, 5.74) is 0. The monoisotopic (exact) mass is 334 g/mol. The summed E-state index contributed by atoms with van der Waals surface area (Å²) in [5, 5.41) is 0.152. The molecule has 0 nitrogen and oxygen atoms in total. The summed E-state index contributed by atoms with van der Waals surface area (Å²) in [5.74, 6) is -0.356. The van der Waals surface area contributed by atoms with Crippen LogP contribution in [0.4, 0.5) is 4.39 Å². The fourth-order valence-corrected chi connectivity index (χ4v) is 2.55. The maximum Gasteiger partial charge on any atom is 0.155 e. The number of halogens is 4. The van der Waals surface area contributed by atoms with Crippen molar-refractivity contribution < 1.29 is 4.39 Å². The van der Waals surface area contributed by atoms with E-state index in [2.05, 4.69) is 15.9 Å². The normalized spacial score (nSPS) is 10.0. The van der Waals surface area contributed by atoms with Crippen LogP contribution in [0.5, 0.6) is 0 Å². The fraction of sp³-hybridized carbons (Fsp3) is 0. The lowest BCUT2D eigenvalue weighted by atomic mass is 10.3. The van der Waals surface area contributed by atoms with Crippen molar-refractivity contribution in [2.45, 2.75) is 0 Å². The van der Waals surface area contributed by atoms with E-state index < -0.39 is 0 Å². The van der Waals surface area contributed by atoms with Gasteiger partial charge in [-0.15, -0.1) is 0 Å². The van der Waals surface area contributed by atoms with Gasteiger partial charge in [-0.05, 0) is 34.7 Å². The smallest absolute Gasteiger partial charge is 0.155 e. The molecule has 0 fully saturated rings. The average molecular weight is 335 g/mol. The number of rotatable bonds is 0. The first kappa shape index (κ1) is 8.74. The van der Waals surface area contributed by atoms with Crippen LogP contribution in [0.1, 0.15) is 0 Å². The van der Waals surface area contributed by atoms with E-state index >= 15 is 0 Å². The highest BCUT2D eigenvalue weighted by molar-refractivity contribution is 14.1. The van der Waals surface area contributed by atoms with Crippen molar-refractivity contribution >= 4 is 50.1 Å². The summed E-state index contributed by atoms with van der Waals surface area (Å²) in [6.45, 7) is 0. The Bertz CT molecular complexity index is 241. The lowest BCUT2D eigenvalue weighted by Crippen LogP contribution is -1.82. The van der Waals surface area contributed by atoms with Crippen LogP contribution in [0.2, 0.25) is 5.02 Å². The average Bonchev–Trinajstić information content (AvgIpc) is 1.82. The molecule has 54 valence electrons. The van der Waals surface area contributed by atoms with Gasteiger partial charge in [0.05, 0.1) is 8.59 Å². The molecule has 0 radical (unpaired) electrons. The summed E-state index contributed by atoms with van der Waals surface area (Å²) in [7, 11) is 0. The SMILES string of the molecule is Fc1c(Cl)cc(Br)cc1I. The second kappa shape index (κ2) is 3.36. The van der Waals surface area contributed by atoms with Crippen LogP contribution in [0.15, 0.2) is 16.6 Å². The molecular weight excluding hydrogens is 333 g/mol. The van der Waals surface area contributed by atoms with Gasteiger partial charge in [-0.25, -0.2) is 4.39 Å². The molecule has 0 spiro atoms. The molecule has 0 aromatic heterocycles. The third-order valence-electron chi connectivity index (χ3n) is 0.949. The molecule has 0 atom stereocenters. The van der Waals surface area contributed by atoms with Crippen molar-refractivity contribution in [1.82, 2.24) is 0 Å². The summed E-state index contributed by atoms with van der Waals surface area (Å²) in [6, 6.07) is 3.20. The molecule has 4 heteroatoms. The summed E-state index contributed by atoms with van der Waals surface area (Å²) >= 11 is 10.6. The van der Waals surface area contributed by atoms with Gasteiger partial charge in [0.2, 0.25) is 0 Å². The zero-order valence-electron chi connectivity index (χ0n) is 4.67. The van der Waals surface area contributed by atoms with E-state index in [0.717, 1.165) is 4.47 Å². The van der Waals surface area contributed by atoms with E-state index in [0.29, 0.717) is 3.57 Å². The van der Waals surface area contributed by atoms with Gasteiger partial charge in [-0.2, -0.15) is 0 Å².